The Morgan fingerprint density at radius 2 is 2.25 bits per heavy atom. The summed E-state index contributed by atoms with van der Waals surface area (Å²) in [4.78, 5) is 13.7. The van der Waals surface area contributed by atoms with Gasteiger partial charge in [-0.25, -0.2) is 0 Å². The van der Waals surface area contributed by atoms with Crippen LogP contribution < -0.4 is 5.73 Å². The van der Waals surface area contributed by atoms with Crippen LogP contribution in [-0.2, 0) is 0 Å². The van der Waals surface area contributed by atoms with Crippen LogP contribution in [0.1, 0.15) is 16.8 Å². The zero-order valence-electron chi connectivity index (χ0n) is 8.28. The van der Waals surface area contributed by atoms with Gasteiger partial charge in [0, 0.05) is 19.1 Å². The standard InChI is InChI=1S/C9H10Cl2N2OS.ClH/c10-7-3-6(8(11)15-7)9(14)13-2-1-5(12)4-13;/h3,5H,1-2,4,12H2;1H/t5-;/m1./s1. The molecule has 1 aromatic rings. The van der Waals surface area contributed by atoms with Crippen LogP contribution in [0.3, 0.4) is 0 Å². The normalized spacial score (nSPS) is 19.7. The predicted molar refractivity (Wildman–Crippen MR) is 70.1 cm³/mol. The summed E-state index contributed by atoms with van der Waals surface area (Å²) in [6.07, 6.45) is 0.848. The van der Waals surface area contributed by atoms with Crippen LogP contribution in [0, 0.1) is 0 Å². The SMILES string of the molecule is Cl.N[C@@H]1CCN(C(=O)c2cc(Cl)sc2Cl)C1. The summed E-state index contributed by atoms with van der Waals surface area (Å²) in [5.74, 6) is -0.0731. The molecule has 0 bridgehead atoms. The van der Waals surface area contributed by atoms with Gasteiger partial charge in [-0.15, -0.1) is 23.7 Å². The number of hydrogen-bond acceptors (Lipinski definition) is 3. The highest BCUT2D eigenvalue weighted by atomic mass is 35.5. The van der Waals surface area contributed by atoms with Gasteiger partial charge in [-0.1, -0.05) is 23.2 Å². The van der Waals surface area contributed by atoms with Gasteiger partial charge >= 0.3 is 0 Å². The zero-order chi connectivity index (χ0) is 11.0. The number of likely N-dealkylation sites (tertiary alicyclic amines) is 1. The van der Waals surface area contributed by atoms with Gasteiger partial charge in [0.25, 0.3) is 5.91 Å². The molecule has 0 aromatic carbocycles. The van der Waals surface area contributed by atoms with Crippen molar-refractivity contribution in [1.29, 1.82) is 0 Å². The maximum absolute atomic E-state index is 12.0. The molecule has 90 valence electrons. The molecule has 0 spiro atoms. The number of halogens is 3. The van der Waals surface area contributed by atoms with E-state index in [-0.39, 0.29) is 24.4 Å². The molecule has 1 aliphatic heterocycles. The van der Waals surface area contributed by atoms with Crippen LogP contribution in [0.15, 0.2) is 6.07 Å². The molecule has 1 aromatic heterocycles. The van der Waals surface area contributed by atoms with Crippen molar-refractivity contribution in [1.82, 2.24) is 4.90 Å². The molecule has 1 atom stereocenters. The van der Waals surface area contributed by atoms with Crippen molar-refractivity contribution >= 4 is 52.9 Å². The predicted octanol–water partition coefficient (Wildman–Crippen LogP) is 2.65. The fraction of sp³-hybridized carbons (Fsp3) is 0.444. The molecule has 2 rings (SSSR count). The molecule has 3 nitrogen and oxygen atoms in total. The van der Waals surface area contributed by atoms with Gasteiger partial charge in [0.15, 0.2) is 0 Å². The third-order valence-electron chi connectivity index (χ3n) is 2.40. The van der Waals surface area contributed by atoms with Gasteiger partial charge in [-0.05, 0) is 12.5 Å². The summed E-state index contributed by atoms with van der Waals surface area (Å²) in [5.41, 5.74) is 6.22. The van der Waals surface area contributed by atoms with Crippen molar-refractivity contribution in [3.63, 3.8) is 0 Å². The van der Waals surface area contributed by atoms with Crippen LogP contribution in [0.5, 0.6) is 0 Å². The van der Waals surface area contributed by atoms with Crippen molar-refractivity contribution in [2.24, 2.45) is 5.73 Å². The topological polar surface area (TPSA) is 46.3 Å². The van der Waals surface area contributed by atoms with Crippen molar-refractivity contribution < 1.29 is 4.79 Å². The summed E-state index contributed by atoms with van der Waals surface area (Å²) in [5, 5.41) is 0. The molecule has 0 unspecified atom stereocenters. The molecule has 0 radical (unpaired) electrons. The average molecular weight is 302 g/mol. The smallest absolute Gasteiger partial charge is 0.256 e. The number of carbonyl (C=O) groups is 1. The number of nitrogens with zero attached hydrogens (tertiary/aromatic N) is 1. The van der Waals surface area contributed by atoms with Crippen LogP contribution in [-0.4, -0.2) is 29.9 Å². The second kappa shape index (κ2) is 5.56. The Morgan fingerprint density at radius 1 is 1.56 bits per heavy atom. The van der Waals surface area contributed by atoms with Gasteiger partial charge in [0.2, 0.25) is 0 Å². The molecule has 1 aliphatic rings. The van der Waals surface area contributed by atoms with E-state index in [1.54, 1.807) is 11.0 Å². The Labute approximate surface area is 114 Å². The minimum Gasteiger partial charge on any atom is -0.337 e. The van der Waals surface area contributed by atoms with Gasteiger partial charge in [-0.3, -0.25) is 4.79 Å². The first kappa shape index (κ1) is 14.1. The Morgan fingerprint density at radius 3 is 2.69 bits per heavy atom. The quantitative estimate of drug-likeness (QED) is 0.867. The fourth-order valence-electron chi connectivity index (χ4n) is 1.63. The van der Waals surface area contributed by atoms with Gasteiger partial charge in [0.1, 0.15) is 4.34 Å². The molecule has 16 heavy (non-hydrogen) atoms. The highest BCUT2D eigenvalue weighted by Gasteiger charge is 2.26. The molecule has 7 heteroatoms. The first-order chi connectivity index (χ1) is 7.08. The van der Waals surface area contributed by atoms with E-state index in [1.165, 1.54) is 11.3 Å². The van der Waals surface area contributed by atoms with E-state index >= 15 is 0 Å². The summed E-state index contributed by atoms with van der Waals surface area (Å²) < 4.78 is 0.984. The fourth-order valence-corrected chi connectivity index (χ4v) is 3.08. The minimum absolute atomic E-state index is 0. The van der Waals surface area contributed by atoms with Gasteiger partial charge in [0.05, 0.1) is 9.90 Å². The summed E-state index contributed by atoms with van der Waals surface area (Å²) in [6, 6.07) is 1.70. The Kier molecular flexibility index (Phi) is 4.88. The Hall–Kier alpha value is -0.0000000000000000555. The highest BCUT2D eigenvalue weighted by Crippen LogP contribution is 2.32. The lowest BCUT2D eigenvalue weighted by Gasteiger charge is -2.14. The molecule has 0 aliphatic carbocycles. The molecular formula is C9H11Cl3N2OS. The number of amides is 1. The molecule has 2 N–H and O–H groups in total. The zero-order valence-corrected chi connectivity index (χ0v) is 11.4. The largest absolute Gasteiger partial charge is 0.337 e. The first-order valence-corrected chi connectivity index (χ1v) is 6.15. The van der Waals surface area contributed by atoms with E-state index < -0.39 is 0 Å². The van der Waals surface area contributed by atoms with Crippen LogP contribution in [0.4, 0.5) is 0 Å². The number of hydrogen-bond donors (Lipinski definition) is 1. The lowest BCUT2D eigenvalue weighted by Crippen LogP contribution is -2.31. The molecule has 2 heterocycles. The maximum atomic E-state index is 12.0. The van der Waals surface area contributed by atoms with Crippen molar-refractivity contribution in [3.8, 4) is 0 Å². The monoisotopic (exact) mass is 300 g/mol. The summed E-state index contributed by atoms with van der Waals surface area (Å²) >= 11 is 12.9. The second-order valence-corrected chi connectivity index (χ2v) is 5.82. The van der Waals surface area contributed by atoms with Crippen molar-refractivity contribution in [2.45, 2.75) is 12.5 Å². The van der Waals surface area contributed by atoms with Gasteiger partial charge < -0.3 is 10.6 Å². The van der Waals surface area contributed by atoms with Gasteiger partial charge in [-0.2, -0.15) is 0 Å². The van der Waals surface area contributed by atoms with E-state index in [9.17, 15) is 4.79 Å². The summed E-state index contributed by atoms with van der Waals surface area (Å²) in [6.45, 7) is 1.30. The number of carbonyl (C=O) groups excluding carboxylic acids is 1. The molecule has 1 fully saturated rings. The lowest BCUT2D eigenvalue weighted by molar-refractivity contribution is 0.0791. The summed E-state index contributed by atoms with van der Waals surface area (Å²) in [7, 11) is 0. The minimum atomic E-state index is -0.0731. The third-order valence-corrected chi connectivity index (χ3v) is 3.89. The lowest BCUT2D eigenvalue weighted by atomic mass is 10.3. The van der Waals surface area contributed by atoms with E-state index in [0.29, 0.717) is 27.3 Å². The Balaban J connectivity index is 0.00000128. The molecule has 1 amide bonds. The highest BCUT2D eigenvalue weighted by molar-refractivity contribution is 7.20. The van der Waals surface area contributed by atoms with E-state index in [4.69, 9.17) is 28.9 Å². The number of nitrogens with two attached hydrogens (primary N) is 1. The van der Waals surface area contributed by atoms with E-state index in [2.05, 4.69) is 0 Å². The average Bonchev–Trinajstić information content (AvgIpc) is 2.71. The van der Waals surface area contributed by atoms with Crippen LogP contribution >= 0.6 is 46.9 Å². The number of rotatable bonds is 1. The molecule has 0 saturated carbocycles. The second-order valence-electron chi connectivity index (χ2n) is 3.54. The van der Waals surface area contributed by atoms with Crippen molar-refractivity contribution in [2.75, 3.05) is 13.1 Å². The van der Waals surface area contributed by atoms with Crippen LogP contribution in [0.25, 0.3) is 0 Å². The van der Waals surface area contributed by atoms with E-state index in [0.717, 1.165) is 6.42 Å². The first-order valence-electron chi connectivity index (χ1n) is 4.57. The molecular weight excluding hydrogens is 291 g/mol. The third kappa shape index (κ3) is 2.81. The Bertz CT molecular complexity index is 396. The maximum Gasteiger partial charge on any atom is 0.256 e. The van der Waals surface area contributed by atoms with Crippen molar-refractivity contribution in [3.05, 3.63) is 20.3 Å². The number of thiophene rings is 1. The van der Waals surface area contributed by atoms with E-state index in [1.807, 2.05) is 0 Å². The molecule has 1 saturated heterocycles. The van der Waals surface area contributed by atoms with Crippen LogP contribution in [0.2, 0.25) is 8.67 Å².